The summed E-state index contributed by atoms with van der Waals surface area (Å²) in [5.74, 6) is 3.91. The third-order valence-electron chi connectivity index (χ3n) is 19.4. The molecule has 0 fully saturated rings. The lowest BCUT2D eigenvalue weighted by Gasteiger charge is -2.47. The second-order valence-electron chi connectivity index (χ2n) is 24.7. The van der Waals surface area contributed by atoms with Gasteiger partial charge in [0.15, 0.2) is 28.8 Å². The highest BCUT2D eigenvalue weighted by Gasteiger charge is 2.49. The van der Waals surface area contributed by atoms with Gasteiger partial charge >= 0.3 is 0 Å². The molecule has 21 rings (SSSR count). The van der Waals surface area contributed by atoms with E-state index in [1.165, 1.54) is 0 Å². The fourth-order valence-electron chi connectivity index (χ4n) is 15.2. The zero-order valence-electron chi connectivity index (χ0n) is 50.1. The van der Waals surface area contributed by atoms with Crippen LogP contribution in [0.1, 0.15) is 0 Å². The third-order valence-corrected chi connectivity index (χ3v) is 19.4. The van der Waals surface area contributed by atoms with Gasteiger partial charge in [0.05, 0.1) is 0 Å². The minimum absolute atomic E-state index is 0.182. The number of ether oxygens (including phenoxy) is 3. The number of anilines is 10. The van der Waals surface area contributed by atoms with E-state index in [1.807, 2.05) is 36.4 Å². The van der Waals surface area contributed by atoms with Crippen molar-refractivity contribution in [1.82, 2.24) is 0 Å². The first-order valence-corrected chi connectivity index (χ1v) is 31.8. The Balaban J connectivity index is 0.745. The van der Waals surface area contributed by atoms with Gasteiger partial charge < -0.3 is 42.2 Å². The lowest BCUT2D eigenvalue weighted by molar-refractivity contribution is 0.303. The number of nitrogens with zero attached hydrogens (tertiary/aromatic N) is 4. The molecule has 0 saturated heterocycles. The molecule has 13 aromatic carbocycles. The molecular formula is C84H50N4O6. The van der Waals surface area contributed by atoms with E-state index in [-0.39, 0.29) is 11.8 Å². The molecule has 0 radical (unpaired) electrons. The van der Waals surface area contributed by atoms with Gasteiger partial charge in [0.1, 0.15) is 56.3 Å². The van der Waals surface area contributed by atoms with E-state index in [1.54, 1.807) is 0 Å². The van der Waals surface area contributed by atoms with Gasteiger partial charge in [-0.25, -0.2) is 0 Å². The topological polar surface area (TPSA) is 80.1 Å². The predicted molar refractivity (Wildman–Crippen MR) is 377 cm³/mol. The first-order valence-electron chi connectivity index (χ1n) is 31.8. The van der Waals surface area contributed by atoms with Crippen molar-refractivity contribution in [3.63, 3.8) is 0 Å². The molecule has 6 heterocycles. The molecule has 2 atom stereocenters. The zero-order chi connectivity index (χ0) is 61.3. The summed E-state index contributed by atoms with van der Waals surface area (Å²) in [7, 11) is 0. The quantitative estimate of drug-likeness (QED) is 0.139. The highest BCUT2D eigenvalue weighted by Crippen LogP contribution is 2.66. The molecule has 10 heteroatoms. The van der Waals surface area contributed by atoms with Crippen LogP contribution in [0.4, 0.5) is 56.9 Å². The van der Waals surface area contributed by atoms with Crippen LogP contribution >= 0.6 is 0 Å². The van der Waals surface area contributed by atoms with Crippen LogP contribution in [0.15, 0.2) is 327 Å². The zero-order valence-corrected chi connectivity index (χ0v) is 50.1. The molecule has 94 heavy (non-hydrogen) atoms. The molecule has 2 unspecified atom stereocenters. The molecule has 3 aromatic heterocycles. The Hall–Kier alpha value is -12.7. The summed E-state index contributed by atoms with van der Waals surface area (Å²) in [6, 6.07) is 93.3. The van der Waals surface area contributed by atoms with Crippen molar-refractivity contribution in [3.05, 3.63) is 314 Å². The molecule has 0 amide bonds. The summed E-state index contributed by atoms with van der Waals surface area (Å²) in [5, 5.41) is 10.3. The smallest absolute Gasteiger partial charge is 0.163 e. The molecule has 0 saturated carbocycles. The molecule has 2 aliphatic carbocycles. The van der Waals surface area contributed by atoms with Crippen LogP contribution in [0.3, 0.4) is 0 Å². The van der Waals surface area contributed by atoms with Gasteiger partial charge in [0, 0.05) is 124 Å². The van der Waals surface area contributed by atoms with E-state index in [2.05, 4.69) is 274 Å². The van der Waals surface area contributed by atoms with Crippen molar-refractivity contribution < 1.29 is 27.5 Å². The Morgan fingerprint density at radius 2 is 0.702 bits per heavy atom. The largest absolute Gasteiger partial charge is 0.456 e. The van der Waals surface area contributed by atoms with Crippen LogP contribution in [0.5, 0.6) is 23.0 Å². The third kappa shape index (κ3) is 7.53. The van der Waals surface area contributed by atoms with Crippen molar-refractivity contribution in [1.29, 1.82) is 0 Å². The SMILES string of the molecule is C1=CC2C3=C4C(=CC2C=C1N(c1ccccc1)c1ccc2c(c1)oc1ccccc12)Oc1c2c(cc5cc(N(c6ccccc6)c6ccc7c(c6)oc6ccccc67)ccc15)Oc1c(c(cc5cc(N(c6ccccc6)c6ccc7c(c6)oc6ccccc67)ccc15)O3)N42. The van der Waals surface area contributed by atoms with Crippen LogP contribution in [-0.2, 0) is 0 Å². The van der Waals surface area contributed by atoms with Crippen molar-refractivity contribution in [2.45, 2.75) is 0 Å². The minimum Gasteiger partial charge on any atom is -0.456 e. The van der Waals surface area contributed by atoms with Gasteiger partial charge in [-0.2, -0.15) is 0 Å². The van der Waals surface area contributed by atoms with Crippen molar-refractivity contribution in [3.8, 4) is 23.0 Å². The Morgan fingerprint density at radius 1 is 0.309 bits per heavy atom. The predicted octanol–water partition coefficient (Wildman–Crippen LogP) is 23.3. The Labute approximate surface area is 537 Å². The van der Waals surface area contributed by atoms with Crippen molar-refractivity contribution >= 4 is 144 Å². The maximum Gasteiger partial charge on any atom is 0.163 e. The first kappa shape index (κ1) is 51.1. The summed E-state index contributed by atoms with van der Waals surface area (Å²) in [6.45, 7) is 0. The van der Waals surface area contributed by atoms with Crippen molar-refractivity contribution in [2.24, 2.45) is 11.8 Å². The highest BCUT2D eigenvalue weighted by molar-refractivity contribution is 6.12. The summed E-state index contributed by atoms with van der Waals surface area (Å²) >= 11 is 0. The molecule has 10 nitrogen and oxygen atoms in total. The lowest BCUT2D eigenvalue weighted by atomic mass is 9.79. The first-order chi connectivity index (χ1) is 46.5. The van der Waals surface area contributed by atoms with Crippen LogP contribution in [0.2, 0.25) is 0 Å². The summed E-state index contributed by atoms with van der Waals surface area (Å²) in [5.41, 5.74) is 16.4. The molecule has 0 bridgehead atoms. The number of hydrogen-bond donors (Lipinski definition) is 0. The number of furan rings is 3. The molecule has 0 spiro atoms. The molecular weight excluding hydrogens is 1160 g/mol. The highest BCUT2D eigenvalue weighted by atomic mass is 16.5. The van der Waals surface area contributed by atoms with Crippen LogP contribution < -0.4 is 33.8 Å². The molecule has 16 aromatic rings. The van der Waals surface area contributed by atoms with Crippen molar-refractivity contribution in [2.75, 3.05) is 19.6 Å². The summed E-state index contributed by atoms with van der Waals surface area (Å²) in [6.07, 6.45) is 9.19. The number of para-hydroxylation sites is 6. The van der Waals surface area contributed by atoms with E-state index >= 15 is 0 Å². The Morgan fingerprint density at radius 3 is 1.19 bits per heavy atom. The second kappa shape index (κ2) is 19.4. The molecule has 442 valence electrons. The van der Waals surface area contributed by atoms with Crippen LogP contribution in [-0.4, -0.2) is 0 Å². The monoisotopic (exact) mass is 1210 g/mol. The molecule has 3 aliphatic heterocycles. The van der Waals surface area contributed by atoms with E-state index in [4.69, 9.17) is 27.5 Å². The van der Waals surface area contributed by atoms with Gasteiger partial charge in [-0.3, -0.25) is 4.90 Å². The average Bonchev–Trinajstić information content (AvgIpc) is 0.861. The number of allylic oxidation sites excluding steroid dienone is 4. The van der Waals surface area contributed by atoms with Gasteiger partial charge in [0.25, 0.3) is 0 Å². The fraction of sp³-hybridized carbons (Fsp3) is 0.0238. The molecule has 0 N–H and O–H groups in total. The van der Waals surface area contributed by atoms with Gasteiger partial charge in [-0.05, 0) is 162 Å². The van der Waals surface area contributed by atoms with Gasteiger partial charge in [-0.15, -0.1) is 0 Å². The normalized spacial score (nSPS) is 15.7. The van der Waals surface area contributed by atoms with Gasteiger partial charge in [-0.1, -0.05) is 121 Å². The second-order valence-corrected chi connectivity index (χ2v) is 24.7. The number of benzene rings is 13. The lowest BCUT2D eigenvalue weighted by Crippen LogP contribution is -2.39. The van der Waals surface area contributed by atoms with E-state index in [0.717, 1.165) is 161 Å². The number of rotatable bonds is 9. The maximum absolute atomic E-state index is 7.51. The Bertz CT molecular complexity index is 6080. The van der Waals surface area contributed by atoms with Crippen LogP contribution in [0, 0.1) is 11.8 Å². The number of hydrogen-bond acceptors (Lipinski definition) is 10. The van der Waals surface area contributed by atoms with E-state index in [0.29, 0.717) is 28.8 Å². The van der Waals surface area contributed by atoms with Crippen LogP contribution in [0.25, 0.3) is 87.4 Å². The van der Waals surface area contributed by atoms with Gasteiger partial charge in [0.2, 0.25) is 0 Å². The fourth-order valence-corrected chi connectivity index (χ4v) is 15.2. The van der Waals surface area contributed by atoms with E-state index in [9.17, 15) is 0 Å². The maximum atomic E-state index is 7.51. The minimum atomic E-state index is -0.194. The number of fused-ring (bicyclic) bond motifs is 15. The van der Waals surface area contributed by atoms with E-state index < -0.39 is 0 Å². The average molecular weight is 1210 g/mol. The Kier molecular flexibility index (Phi) is 10.6. The summed E-state index contributed by atoms with van der Waals surface area (Å²) in [4.78, 5) is 9.25. The standard InChI is InChI=1S/C84H50N4O6/c1-4-16-52(17-5-1)85(58-31-37-67-64-22-10-13-25-70(64)89-73(67)46-58)55-28-34-61-49(40-55)43-76-79-82(61)93-77-44-50-41-57(87(54-20-8-3-9-21-54)60-33-39-69-66-24-12-15-27-72(66)91-75(69)48-60)30-36-63(50)84-80(77)88(79)81-78(94-84)45-51-42-56(29-35-62(51)83(81)92-76)86(53-18-6-2-7-19-53)59-32-38-68-65-23-11-14-26-71(65)90-74(68)47-59/h1-49,61H. The summed E-state index contributed by atoms with van der Waals surface area (Å²) < 4.78 is 42.0. The molecule has 5 aliphatic rings.